The fourth-order valence-corrected chi connectivity index (χ4v) is 3.62. The first kappa shape index (κ1) is 12.9. The fourth-order valence-electron chi connectivity index (χ4n) is 2.50. The summed E-state index contributed by atoms with van der Waals surface area (Å²) < 4.78 is 25.2. The highest BCUT2D eigenvalue weighted by molar-refractivity contribution is 8.13. The van der Waals surface area contributed by atoms with E-state index in [1.165, 1.54) is 0 Å². The molecule has 0 bridgehead atoms. The van der Waals surface area contributed by atoms with Crippen LogP contribution in [0.3, 0.4) is 0 Å². The number of aryl methyl sites for hydroxylation is 1. The van der Waals surface area contributed by atoms with Gasteiger partial charge in [0, 0.05) is 23.6 Å². The van der Waals surface area contributed by atoms with Gasteiger partial charge in [0.05, 0.1) is 5.69 Å². The van der Waals surface area contributed by atoms with Crippen molar-refractivity contribution in [3.05, 3.63) is 11.5 Å². The number of hydrogen-bond acceptors (Lipinski definition) is 3. The number of nitrogens with zero attached hydrogens (tertiary/aromatic N) is 2. The van der Waals surface area contributed by atoms with Crippen molar-refractivity contribution in [2.75, 3.05) is 0 Å². The molecule has 4 nitrogen and oxygen atoms in total. The number of hydrogen-bond donors (Lipinski definition) is 0. The zero-order valence-corrected chi connectivity index (χ0v) is 11.7. The number of imidazole rings is 1. The van der Waals surface area contributed by atoms with Crippen LogP contribution >= 0.6 is 10.7 Å². The molecule has 2 heterocycles. The summed E-state index contributed by atoms with van der Waals surface area (Å²) in [5.74, 6) is 1.07. The molecule has 0 amide bonds. The van der Waals surface area contributed by atoms with Crippen LogP contribution < -0.4 is 0 Å². The van der Waals surface area contributed by atoms with E-state index in [1.54, 1.807) is 0 Å². The number of aromatic nitrogens is 2. The van der Waals surface area contributed by atoms with Crippen LogP contribution in [0.2, 0.25) is 0 Å². The minimum atomic E-state index is -3.73. The highest BCUT2D eigenvalue weighted by atomic mass is 35.7. The van der Waals surface area contributed by atoms with Gasteiger partial charge in [-0.1, -0.05) is 13.8 Å². The van der Waals surface area contributed by atoms with Crippen LogP contribution in [0.25, 0.3) is 0 Å². The Morgan fingerprint density at radius 1 is 1.53 bits per heavy atom. The molecule has 0 fully saturated rings. The predicted molar refractivity (Wildman–Crippen MR) is 66.9 cm³/mol. The Hall–Kier alpha value is -0.550. The number of fused-ring (bicyclic) bond motifs is 1. The first-order valence-electron chi connectivity index (χ1n) is 5.99. The van der Waals surface area contributed by atoms with E-state index in [9.17, 15) is 8.42 Å². The lowest BCUT2D eigenvalue weighted by Crippen LogP contribution is -2.16. The van der Waals surface area contributed by atoms with Crippen LogP contribution in [-0.2, 0) is 22.0 Å². The Morgan fingerprint density at radius 2 is 2.24 bits per heavy atom. The van der Waals surface area contributed by atoms with Gasteiger partial charge in [0.2, 0.25) is 0 Å². The standard InChI is InChI=1S/C11H17ClN2O2S/c1-3-5-9-13-11(17(12,15)16)10-8(2)6-4-7-14(9)10/h8H,3-7H2,1-2H3. The summed E-state index contributed by atoms with van der Waals surface area (Å²) in [6.45, 7) is 4.95. The maximum atomic E-state index is 11.6. The van der Waals surface area contributed by atoms with Gasteiger partial charge >= 0.3 is 0 Å². The monoisotopic (exact) mass is 276 g/mol. The molecule has 1 unspecified atom stereocenters. The molecule has 0 radical (unpaired) electrons. The van der Waals surface area contributed by atoms with E-state index in [-0.39, 0.29) is 10.9 Å². The van der Waals surface area contributed by atoms with Crippen molar-refractivity contribution in [1.82, 2.24) is 9.55 Å². The minimum Gasteiger partial charge on any atom is -0.330 e. The average molecular weight is 277 g/mol. The quantitative estimate of drug-likeness (QED) is 0.798. The van der Waals surface area contributed by atoms with Crippen molar-refractivity contribution in [2.45, 2.75) is 57.0 Å². The molecule has 96 valence electrons. The summed E-state index contributed by atoms with van der Waals surface area (Å²) in [6, 6.07) is 0. The second-order valence-corrected chi connectivity index (χ2v) is 7.08. The van der Waals surface area contributed by atoms with E-state index in [0.717, 1.165) is 43.7 Å². The maximum absolute atomic E-state index is 11.6. The summed E-state index contributed by atoms with van der Waals surface area (Å²) in [5.41, 5.74) is 0.801. The van der Waals surface area contributed by atoms with E-state index in [4.69, 9.17) is 10.7 Å². The average Bonchev–Trinajstić information content (AvgIpc) is 2.59. The molecule has 1 atom stereocenters. The summed E-state index contributed by atoms with van der Waals surface area (Å²) in [6.07, 6.45) is 3.82. The highest BCUT2D eigenvalue weighted by Crippen LogP contribution is 2.34. The number of rotatable bonds is 3. The third-order valence-electron chi connectivity index (χ3n) is 3.24. The topological polar surface area (TPSA) is 52.0 Å². The molecule has 0 saturated carbocycles. The summed E-state index contributed by atoms with van der Waals surface area (Å²) in [4.78, 5) is 4.25. The lowest BCUT2D eigenvalue weighted by Gasteiger charge is -2.22. The molecule has 0 aliphatic carbocycles. The lowest BCUT2D eigenvalue weighted by atomic mass is 9.98. The Balaban J connectivity index is 2.61. The molecule has 2 rings (SSSR count). The first-order valence-corrected chi connectivity index (χ1v) is 8.30. The van der Waals surface area contributed by atoms with Gasteiger partial charge in [0.25, 0.3) is 9.05 Å². The van der Waals surface area contributed by atoms with Gasteiger partial charge in [-0.15, -0.1) is 0 Å². The fraction of sp³-hybridized carbons (Fsp3) is 0.727. The molecule has 0 N–H and O–H groups in total. The van der Waals surface area contributed by atoms with Crippen molar-refractivity contribution >= 4 is 19.7 Å². The molecule has 6 heteroatoms. The van der Waals surface area contributed by atoms with Gasteiger partial charge in [0.15, 0.2) is 5.03 Å². The van der Waals surface area contributed by atoms with Crippen LogP contribution in [0.15, 0.2) is 5.03 Å². The Kier molecular flexibility index (Phi) is 3.50. The summed E-state index contributed by atoms with van der Waals surface area (Å²) >= 11 is 0. The second-order valence-electron chi connectivity index (χ2n) is 4.60. The molecule has 1 aromatic rings. The Morgan fingerprint density at radius 3 is 2.82 bits per heavy atom. The van der Waals surface area contributed by atoms with Crippen LogP contribution in [0, 0.1) is 0 Å². The van der Waals surface area contributed by atoms with Crippen molar-refractivity contribution < 1.29 is 8.42 Å². The predicted octanol–water partition coefficient (Wildman–Crippen LogP) is 2.66. The van der Waals surface area contributed by atoms with Crippen molar-refractivity contribution in [3.63, 3.8) is 0 Å². The van der Waals surface area contributed by atoms with Gasteiger partial charge in [-0.3, -0.25) is 0 Å². The molecule has 17 heavy (non-hydrogen) atoms. The maximum Gasteiger partial charge on any atom is 0.280 e. The van der Waals surface area contributed by atoms with Crippen LogP contribution in [-0.4, -0.2) is 18.0 Å². The van der Waals surface area contributed by atoms with Crippen LogP contribution in [0.1, 0.15) is 50.5 Å². The molecule has 0 saturated heterocycles. The molecule has 1 aliphatic heterocycles. The van der Waals surface area contributed by atoms with E-state index >= 15 is 0 Å². The van der Waals surface area contributed by atoms with Gasteiger partial charge in [-0.25, -0.2) is 13.4 Å². The van der Waals surface area contributed by atoms with Gasteiger partial charge in [0.1, 0.15) is 5.82 Å². The SMILES string of the molecule is CCCc1nc(S(=O)(=O)Cl)c2n1CCCC2C. The largest absolute Gasteiger partial charge is 0.330 e. The first-order chi connectivity index (χ1) is 7.95. The molecule has 1 aliphatic rings. The minimum absolute atomic E-state index is 0.0785. The van der Waals surface area contributed by atoms with Gasteiger partial charge < -0.3 is 4.57 Å². The second kappa shape index (κ2) is 4.61. The third kappa shape index (κ3) is 2.36. The van der Waals surface area contributed by atoms with Gasteiger partial charge in [-0.05, 0) is 25.2 Å². The highest BCUT2D eigenvalue weighted by Gasteiger charge is 2.30. The zero-order valence-electron chi connectivity index (χ0n) is 10.1. The van der Waals surface area contributed by atoms with Crippen molar-refractivity contribution in [3.8, 4) is 0 Å². The molecule has 0 aromatic carbocycles. The number of halogens is 1. The molecular weight excluding hydrogens is 260 g/mol. The van der Waals surface area contributed by atoms with E-state index < -0.39 is 9.05 Å². The van der Waals surface area contributed by atoms with Crippen LogP contribution in [0.5, 0.6) is 0 Å². The molecule has 0 spiro atoms. The lowest BCUT2D eigenvalue weighted by molar-refractivity contribution is 0.456. The van der Waals surface area contributed by atoms with E-state index in [1.807, 2.05) is 11.5 Å². The smallest absolute Gasteiger partial charge is 0.280 e. The van der Waals surface area contributed by atoms with E-state index in [2.05, 4.69) is 11.9 Å². The normalized spacial score (nSPS) is 20.3. The van der Waals surface area contributed by atoms with E-state index in [0.29, 0.717) is 0 Å². The summed E-state index contributed by atoms with van der Waals surface area (Å²) in [7, 11) is 1.74. The molecular formula is C11H17ClN2O2S. The Bertz CT molecular complexity index is 522. The summed E-state index contributed by atoms with van der Waals surface area (Å²) in [5, 5.41) is 0.0785. The Labute approximate surface area is 106 Å². The van der Waals surface area contributed by atoms with Crippen molar-refractivity contribution in [2.24, 2.45) is 0 Å². The van der Waals surface area contributed by atoms with Gasteiger partial charge in [-0.2, -0.15) is 0 Å². The molecule has 1 aromatic heterocycles. The third-order valence-corrected chi connectivity index (χ3v) is 4.44. The zero-order chi connectivity index (χ0) is 12.6. The van der Waals surface area contributed by atoms with Crippen LogP contribution in [0.4, 0.5) is 0 Å². The van der Waals surface area contributed by atoms with Crippen molar-refractivity contribution in [1.29, 1.82) is 0 Å².